The normalized spacial score (nSPS) is 20.4. The van der Waals surface area contributed by atoms with Crippen LogP contribution in [0.15, 0.2) is 30.3 Å². The summed E-state index contributed by atoms with van der Waals surface area (Å²) >= 11 is 0. The maximum atomic E-state index is 13.4. The average Bonchev–Trinajstić information content (AvgIpc) is 2.83. The highest BCUT2D eigenvalue weighted by molar-refractivity contribution is 5.93. The molecule has 188 valence electrons. The molecule has 1 aromatic carbocycles. The van der Waals surface area contributed by atoms with Gasteiger partial charge in [-0.05, 0) is 12.0 Å². The van der Waals surface area contributed by atoms with Crippen molar-refractivity contribution in [1.82, 2.24) is 25.1 Å². The molecule has 0 spiro atoms. The Morgan fingerprint density at radius 1 is 1.17 bits per heavy atom. The van der Waals surface area contributed by atoms with E-state index in [4.69, 9.17) is 6.42 Å². The Kier molecular flexibility index (Phi) is 9.09. The first kappa shape index (κ1) is 26.0. The van der Waals surface area contributed by atoms with E-state index >= 15 is 0 Å². The molecular formula is C25H33N5O5. The maximum absolute atomic E-state index is 13.4. The first-order valence-electron chi connectivity index (χ1n) is 12.0. The zero-order valence-corrected chi connectivity index (χ0v) is 20.1. The van der Waals surface area contributed by atoms with Gasteiger partial charge in [0.15, 0.2) is 0 Å². The highest BCUT2D eigenvalue weighted by Gasteiger charge is 2.51. The van der Waals surface area contributed by atoms with Crippen molar-refractivity contribution in [3.05, 3.63) is 35.9 Å². The fourth-order valence-corrected chi connectivity index (χ4v) is 4.59. The van der Waals surface area contributed by atoms with Gasteiger partial charge in [0.1, 0.15) is 12.2 Å². The molecule has 0 aliphatic carbocycles. The Bertz CT molecular complexity index is 963. The molecule has 2 aliphatic heterocycles. The molecule has 0 bridgehead atoms. The van der Waals surface area contributed by atoms with E-state index in [1.54, 1.807) is 4.90 Å². The lowest BCUT2D eigenvalue weighted by molar-refractivity contribution is -0.190. The number of amides is 4. The second kappa shape index (κ2) is 12.2. The number of nitrogens with zero attached hydrogens (tertiary/aromatic N) is 4. The number of urea groups is 1. The molecule has 1 aromatic rings. The molecule has 2 N–H and O–H groups in total. The Balaban J connectivity index is 1.88. The number of rotatable bonds is 10. The van der Waals surface area contributed by atoms with Crippen LogP contribution in [-0.4, -0.2) is 87.1 Å². The van der Waals surface area contributed by atoms with Gasteiger partial charge in [-0.3, -0.25) is 14.4 Å². The van der Waals surface area contributed by atoms with Gasteiger partial charge < -0.3 is 20.2 Å². The molecule has 10 nitrogen and oxygen atoms in total. The number of fused-ring (bicyclic) bond motifs is 1. The molecule has 4 amide bonds. The summed E-state index contributed by atoms with van der Waals surface area (Å²) < 4.78 is 0. The average molecular weight is 484 g/mol. The van der Waals surface area contributed by atoms with Crippen LogP contribution >= 0.6 is 0 Å². The number of hydrazine groups is 1. The smallest absolute Gasteiger partial charge is 0.334 e. The molecule has 10 heteroatoms. The van der Waals surface area contributed by atoms with Crippen molar-refractivity contribution in [3.63, 3.8) is 0 Å². The molecule has 0 radical (unpaired) electrons. The predicted molar refractivity (Wildman–Crippen MR) is 128 cm³/mol. The number of carboxylic acid groups (broad SMARTS) is 1. The van der Waals surface area contributed by atoms with E-state index < -0.39 is 42.4 Å². The van der Waals surface area contributed by atoms with E-state index in [0.717, 1.165) is 31.2 Å². The first-order valence-corrected chi connectivity index (χ1v) is 12.0. The van der Waals surface area contributed by atoms with Crippen molar-refractivity contribution < 1.29 is 24.3 Å². The number of terminal acetylenes is 1. The number of benzene rings is 1. The van der Waals surface area contributed by atoms with E-state index in [-0.39, 0.29) is 26.2 Å². The van der Waals surface area contributed by atoms with Crippen molar-refractivity contribution in [2.75, 3.05) is 26.2 Å². The quantitative estimate of drug-likeness (QED) is 0.385. The number of carboxylic acids is 1. The Labute approximate surface area is 205 Å². The molecule has 0 saturated carbocycles. The van der Waals surface area contributed by atoms with Crippen LogP contribution in [0.5, 0.6) is 0 Å². The van der Waals surface area contributed by atoms with Crippen LogP contribution in [0.4, 0.5) is 4.79 Å². The molecule has 0 aromatic heterocycles. The number of piperazine rings is 1. The topological polar surface area (TPSA) is 114 Å². The van der Waals surface area contributed by atoms with E-state index in [0.29, 0.717) is 6.54 Å². The summed E-state index contributed by atoms with van der Waals surface area (Å²) in [5.41, 5.74) is 0.898. The summed E-state index contributed by atoms with van der Waals surface area (Å²) in [5, 5.41) is 15.2. The van der Waals surface area contributed by atoms with E-state index in [9.17, 15) is 24.3 Å². The minimum Gasteiger partial charge on any atom is -0.481 e. The van der Waals surface area contributed by atoms with Gasteiger partial charge in [0.2, 0.25) is 11.8 Å². The number of aliphatic carboxylic acids is 1. The summed E-state index contributed by atoms with van der Waals surface area (Å²) in [5.74, 6) is 0.469. The fourth-order valence-electron chi connectivity index (χ4n) is 4.59. The van der Waals surface area contributed by atoms with Gasteiger partial charge in [-0.15, -0.1) is 6.42 Å². The molecule has 3 rings (SSSR count). The molecule has 0 unspecified atom stereocenters. The number of unbranched alkanes of at least 4 members (excludes halogenated alkanes) is 3. The van der Waals surface area contributed by atoms with Gasteiger partial charge in [0, 0.05) is 13.1 Å². The minimum absolute atomic E-state index is 0.0167. The number of hydrogen-bond acceptors (Lipinski definition) is 5. The van der Waals surface area contributed by atoms with Crippen LogP contribution in [0.25, 0.3) is 0 Å². The van der Waals surface area contributed by atoms with Crippen molar-refractivity contribution in [2.45, 2.75) is 57.8 Å². The lowest BCUT2D eigenvalue weighted by atomic mass is 10.0. The van der Waals surface area contributed by atoms with Gasteiger partial charge in [-0.2, -0.15) is 5.01 Å². The zero-order valence-electron chi connectivity index (χ0n) is 20.1. The summed E-state index contributed by atoms with van der Waals surface area (Å²) in [6, 6.07) is 7.73. The minimum atomic E-state index is -1.19. The number of carbonyl (C=O) groups is 4. The maximum Gasteiger partial charge on any atom is 0.334 e. The van der Waals surface area contributed by atoms with E-state index in [1.165, 1.54) is 14.9 Å². The SMILES string of the molecule is C#CCN1CC(=O)N2[C@@H](CC(=O)O)C(=O)N(CCCCCC)C[C@@H]2N1C(=O)NCc1ccccc1. The molecule has 2 saturated heterocycles. The Morgan fingerprint density at radius 2 is 1.91 bits per heavy atom. The third-order valence-electron chi connectivity index (χ3n) is 6.25. The highest BCUT2D eigenvalue weighted by atomic mass is 16.4. The van der Waals surface area contributed by atoms with Crippen molar-refractivity contribution in [2.24, 2.45) is 0 Å². The third-order valence-corrected chi connectivity index (χ3v) is 6.25. The molecular weight excluding hydrogens is 450 g/mol. The van der Waals surface area contributed by atoms with E-state index in [2.05, 4.69) is 18.2 Å². The lowest BCUT2D eigenvalue weighted by Crippen LogP contribution is -2.76. The molecule has 2 atom stereocenters. The second-order valence-electron chi connectivity index (χ2n) is 8.76. The van der Waals surface area contributed by atoms with Crippen LogP contribution in [0.3, 0.4) is 0 Å². The number of hydrogen-bond donors (Lipinski definition) is 2. The molecule has 2 aliphatic rings. The van der Waals surface area contributed by atoms with Crippen molar-refractivity contribution in [3.8, 4) is 12.3 Å². The van der Waals surface area contributed by atoms with Crippen LogP contribution in [-0.2, 0) is 20.9 Å². The highest BCUT2D eigenvalue weighted by Crippen LogP contribution is 2.28. The largest absolute Gasteiger partial charge is 0.481 e. The first-order chi connectivity index (χ1) is 16.9. The Hall–Kier alpha value is -3.58. The second-order valence-corrected chi connectivity index (χ2v) is 8.76. The van der Waals surface area contributed by atoms with Gasteiger partial charge in [-0.25, -0.2) is 9.80 Å². The van der Waals surface area contributed by atoms with Gasteiger partial charge >= 0.3 is 12.0 Å². The summed E-state index contributed by atoms with van der Waals surface area (Å²) in [6.45, 7) is 2.67. The summed E-state index contributed by atoms with van der Waals surface area (Å²) in [4.78, 5) is 54.1. The van der Waals surface area contributed by atoms with Gasteiger partial charge in [0.25, 0.3) is 0 Å². The van der Waals surface area contributed by atoms with Crippen molar-refractivity contribution in [1.29, 1.82) is 0 Å². The standard InChI is InChI=1S/C25H33N5O5/c1-3-5-6-10-14-27-17-21-29(20(24(27)34)15-23(32)33)22(31)18-28(13-4-2)30(21)25(35)26-16-19-11-8-7-9-12-19/h2,7-9,11-12,20-21H,3,5-6,10,13-18H2,1H3,(H,26,35)(H,32,33)/t20-,21-/m0/s1. The van der Waals surface area contributed by atoms with Crippen LogP contribution in [0.1, 0.15) is 44.6 Å². The third kappa shape index (κ3) is 6.31. The van der Waals surface area contributed by atoms with Gasteiger partial charge in [0.05, 0.1) is 26.1 Å². The van der Waals surface area contributed by atoms with Gasteiger partial charge in [-0.1, -0.05) is 62.4 Å². The van der Waals surface area contributed by atoms with Crippen molar-refractivity contribution >= 4 is 23.8 Å². The lowest BCUT2D eigenvalue weighted by Gasteiger charge is -2.54. The fraction of sp³-hybridized carbons (Fsp3) is 0.520. The molecule has 35 heavy (non-hydrogen) atoms. The summed E-state index contributed by atoms with van der Waals surface area (Å²) in [6.07, 6.45) is 7.90. The Morgan fingerprint density at radius 3 is 2.57 bits per heavy atom. The monoisotopic (exact) mass is 483 g/mol. The number of carbonyl (C=O) groups excluding carboxylic acids is 3. The van der Waals surface area contributed by atoms with E-state index in [1.807, 2.05) is 30.3 Å². The van der Waals surface area contributed by atoms with Crippen LogP contribution in [0, 0.1) is 12.3 Å². The zero-order chi connectivity index (χ0) is 25.4. The molecule has 2 fully saturated rings. The van der Waals surface area contributed by atoms with Crippen LogP contribution in [0.2, 0.25) is 0 Å². The van der Waals surface area contributed by atoms with Crippen LogP contribution < -0.4 is 5.32 Å². The number of nitrogens with one attached hydrogen (secondary N) is 1. The predicted octanol–water partition coefficient (Wildman–Crippen LogP) is 1.48. The molecule has 2 heterocycles. The summed E-state index contributed by atoms with van der Waals surface area (Å²) in [7, 11) is 0.